The lowest BCUT2D eigenvalue weighted by Crippen LogP contribution is -2.64. The van der Waals surface area contributed by atoms with E-state index in [1.165, 1.54) is 0 Å². The molecule has 178 valence electrons. The van der Waals surface area contributed by atoms with Crippen molar-refractivity contribution in [3.8, 4) is 11.1 Å². The van der Waals surface area contributed by atoms with E-state index in [0.29, 0.717) is 38.8 Å². The van der Waals surface area contributed by atoms with Crippen LogP contribution in [-0.4, -0.2) is 53.2 Å². The van der Waals surface area contributed by atoms with Gasteiger partial charge in [0.2, 0.25) is 5.91 Å². The predicted molar refractivity (Wildman–Crippen MR) is 126 cm³/mol. The summed E-state index contributed by atoms with van der Waals surface area (Å²) in [4.78, 5) is 39.4. The van der Waals surface area contributed by atoms with Crippen molar-refractivity contribution in [3.05, 3.63) is 59.7 Å². The van der Waals surface area contributed by atoms with Crippen LogP contribution in [0.2, 0.25) is 0 Å². The molecule has 2 amide bonds. The fraction of sp³-hybridized carbons (Fsp3) is 0.444. The second-order valence-electron chi connectivity index (χ2n) is 10.0. The maximum absolute atomic E-state index is 13.3. The Bertz CT molecular complexity index is 1090. The van der Waals surface area contributed by atoms with Crippen molar-refractivity contribution < 1.29 is 24.2 Å². The molecule has 5 rings (SSSR count). The Balaban J connectivity index is 1.23. The van der Waals surface area contributed by atoms with E-state index in [1.807, 2.05) is 24.3 Å². The SMILES string of the molecule is CC1(C(=O)O)CCN(C(=O)C2(NC(=O)OCC3c4ccccc4-c4ccccc43)CCC2)CC1. The van der Waals surface area contributed by atoms with E-state index in [-0.39, 0.29) is 18.4 Å². The van der Waals surface area contributed by atoms with Gasteiger partial charge in [0.05, 0.1) is 5.41 Å². The number of nitrogens with one attached hydrogen (secondary N) is 1. The zero-order chi connectivity index (χ0) is 23.9. The molecule has 3 aliphatic rings. The largest absolute Gasteiger partial charge is 0.481 e. The van der Waals surface area contributed by atoms with Gasteiger partial charge in [0.15, 0.2) is 0 Å². The van der Waals surface area contributed by atoms with Crippen LogP contribution in [0.4, 0.5) is 4.79 Å². The van der Waals surface area contributed by atoms with Crippen LogP contribution in [0.3, 0.4) is 0 Å². The fourth-order valence-corrected chi connectivity index (χ4v) is 5.47. The smallest absolute Gasteiger partial charge is 0.408 e. The first kappa shape index (κ1) is 22.4. The van der Waals surface area contributed by atoms with Crippen LogP contribution in [0, 0.1) is 5.41 Å². The molecule has 0 atom stereocenters. The molecule has 0 radical (unpaired) electrons. The molecule has 2 aliphatic carbocycles. The zero-order valence-electron chi connectivity index (χ0n) is 19.4. The third kappa shape index (κ3) is 3.73. The maximum atomic E-state index is 13.3. The first-order chi connectivity index (χ1) is 16.3. The van der Waals surface area contributed by atoms with Crippen molar-refractivity contribution in [1.29, 1.82) is 0 Å². The van der Waals surface area contributed by atoms with Gasteiger partial charge in [0.1, 0.15) is 12.1 Å². The number of aliphatic carboxylic acids is 1. The summed E-state index contributed by atoms with van der Waals surface area (Å²) in [6, 6.07) is 16.3. The number of fused-ring (bicyclic) bond motifs is 3. The van der Waals surface area contributed by atoms with Crippen LogP contribution in [0.15, 0.2) is 48.5 Å². The molecule has 7 nitrogen and oxygen atoms in total. The van der Waals surface area contributed by atoms with Crippen molar-refractivity contribution >= 4 is 18.0 Å². The highest BCUT2D eigenvalue weighted by molar-refractivity contribution is 5.91. The Hall–Kier alpha value is -3.35. The Morgan fingerprint density at radius 1 is 0.971 bits per heavy atom. The van der Waals surface area contributed by atoms with Gasteiger partial charge >= 0.3 is 12.1 Å². The number of carbonyl (C=O) groups is 3. The molecule has 2 aromatic rings. The van der Waals surface area contributed by atoms with E-state index in [2.05, 4.69) is 29.6 Å². The van der Waals surface area contributed by atoms with Gasteiger partial charge in [-0.05, 0) is 61.3 Å². The topological polar surface area (TPSA) is 95.9 Å². The second-order valence-corrected chi connectivity index (χ2v) is 10.0. The normalized spacial score (nSPS) is 20.0. The lowest BCUT2D eigenvalue weighted by molar-refractivity contribution is -0.155. The number of likely N-dealkylation sites (tertiary alicyclic amines) is 1. The monoisotopic (exact) mass is 462 g/mol. The summed E-state index contributed by atoms with van der Waals surface area (Å²) in [5.74, 6) is -0.989. The van der Waals surface area contributed by atoms with Crippen LogP contribution in [0.25, 0.3) is 11.1 Å². The summed E-state index contributed by atoms with van der Waals surface area (Å²) >= 11 is 0. The molecule has 0 bridgehead atoms. The second kappa shape index (κ2) is 8.46. The summed E-state index contributed by atoms with van der Waals surface area (Å²) in [6.45, 7) is 2.70. The standard InChI is InChI=1S/C27H30N2O5/c1-26(24(31)32)13-15-29(16-14-26)23(30)27(11-6-12-27)28-25(33)34-17-22-20-9-4-2-7-18(20)19-8-3-5-10-21(19)22/h2-5,7-10,22H,6,11-17H2,1H3,(H,28,33)(H,31,32). The number of piperidine rings is 1. The molecule has 1 saturated carbocycles. The highest BCUT2D eigenvalue weighted by atomic mass is 16.5. The Morgan fingerprint density at radius 2 is 1.53 bits per heavy atom. The van der Waals surface area contributed by atoms with E-state index in [4.69, 9.17) is 4.74 Å². The molecular weight excluding hydrogens is 432 g/mol. The Morgan fingerprint density at radius 3 is 2.03 bits per heavy atom. The minimum atomic E-state index is -0.945. The van der Waals surface area contributed by atoms with Gasteiger partial charge in [0, 0.05) is 19.0 Å². The Kier molecular flexibility index (Phi) is 5.58. The molecule has 0 aromatic heterocycles. The van der Waals surface area contributed by atoms with E-state index in [0.717, 1.165) is 28.7 Å². The van der Waals surface area contributed by atoms with Crippen LogP contribution in [0.1, 0.15) is 56.1 Å². The van der Waals surface area contributed by atoms with E-state index >= 15 is 0 Å². The summed E-state index contributed by atoms with van der Waals surface area (Å²) in [5, 5.41) is 12.3. The lowest BCUT2D eigenvalue weighted by Gasteiger charge is -2.46. The van der Waals surface area contributed by atoms with E-state index in [9.17, 15) is 19.5 Å². The third-order valence-corrected chi connectivity index (χ3v) is 7.97. The van der Waals surface area contributed by atoms with Gasteiger partial charge in [-0.2, -0.15) is 0 Å². The van der Waals surface area contributed by atoms with Gasteiger partial charge in [0.25, 0.3) is 0 Å². The molecular formula is C27H30N2O5. The summed E-state index contributed by atoms with van der Waals surface area (Å²) in [7, 11) is 0. The molecule has 2 aromatic carbocycles. The molecule has 0 unspecified atom stereocenters. The minimum Gasteiger partial charge on any atom is -0.481 e. The van der Waals surface area contributed by atoms with Crippen LogP contribution in [-0.2, 0) is 14.3 Å². The number of amides is 2. The highest BCUT2D eigenvalue weighted by Crippen LogP contribution is 2.44. The van der Waals surface area contributed by atoms with Gasteiger partial charge in [-0.3, -0.25) is 9.59 Å². The highest BCUT2D eigenvalue weighted by Gasteiger charge is 2.50. The first-order valence-corrected chi connectivity index (χ1v) is 12.0. The number of alkyl carbamates (subject to hydrolysis) is 1. The number of rotatable bonds is 5. The molecule has 1 heterocycles. The summed E-state index contributed by atoms with van der Waals surface area (Å²) < 4.78 is 5.67. The zero-order valence-corrected chi connectivity index (χ0v) is 19.4. The number of carbonyl (C=O) groups excluding carboxylic acids is 2. The molecule has 2 N–H and O–H groups in total. The van der Waals surface area contributed by atoms with Crippen molar-refractivity contribution in [2.75, 3.05) is 19.7 Å². The molecule has 0 spiro atoms. The summed E-state index contributed by atoms with van der Waals surface area (Å²) in [5.41, 5.74) is 2.86. The quantitative estimate of drug-likeness (QED) is 0.696. The number of carboxylic acid groups (broad SMARTS) is 1. The van der Waals surface area contributed by atoms with E-state index in [1.54, 1.807) is 11.8 Å². The van der Waals surface area contributed by atoms with Crippen LogP contribution >= 0.6 is 0 Å². The molecule has 7 heteroatoms. The van der Waals surface area contributed by atoms with Crippen molar-refractivity contribution in [1.82, 2.24) is 10.2 Å². The van der Waals surface area contributed by atoms with Crippen LogP contribution in [0.5, 0.6) is 0 Å². The number of hydrogen-bond acceptors (Lipinski definition) is 4. The number of hydrogen-bond donors (Lipinski definition) is 2. The lowest BCUT2D eigenvalue weighted by atomic mass is 9.74. The average molecular weight is 463 g/mol. The van der Waals surface area contributed by atoms with Gasteiger partial charge in [-0.25, -0.2) is 4.79 Å². The molecule has 1 saturated heterocycles. The number of nitrogens with zero attached hydrogens (tertiary/aromatic N) is 1. The van der Waals surface area contributed by atoms with Gasteiger partial charge in [-0.1, -0.05) is 48.5 Å². The first-order valence-electron chi connectivity index (χ1n) is 12.0. The van der Waals surface area contributed by atoms with Crippen LogP contribution < -0.4 is 5.32 Å². The van der Waals surface area contributed by atoms with Crippen molar-refractivity contribution in [2.45, 2.75) is 50.5 Å². The average Bonchev–Trinajstić information content (AvgIpc) is 3.14. The van der Waals surface area contributed by atoms with E-state index < -0.39 is 23.0 Å². The van der Waals surface area contributed by atoms with Crippen molar-refractivity contribution in [3.63, 3.8) is 0 Å². The molecule has 34 heavy (non-hydrogen) atoms. The predicted octanol–water partition coefficient (Wildman–Crippen LogP) is 4.16. The molecule has 2 fully saturated rings. The number of benzene rings is 2. The summed E-state index contributed by atoms with van der Waals surface area (Å²) in [6.07, 6.45) is 2.24. The maximum Gasteiger partial charge on any atom is 0.408 e. The number of ether oxygens (including phenoxy) is 1. The Labute approximate surface area is 199 Å². The molecule has 1 aliphatic heterocycles. The van der Waals surface area contributed by atoms with Crippen molar-refractivity contribution in [2.24, 2.45) is 5.41 Å². The number of carboxylic acids is 1. The third-order valence-electron chi connectivity index (χ3n) is 7.97. The fourth-order valence-electron chi connectivity index (χ4n) is 5.47. The minimum absolute atomic E-state index is 0.0398. The van der Waals surface area contributed by atoms with Gasteiger partial charge < -0.3 is 20.1 Å². The van der Waals surface area contributed by atoms with Gasteiger partial charge in [-0.15, -0.1) is 0 Å².